The number of fused-ring (bicyclic) bond motifs is 1. The predicted octanol–water partition coefficient (Wildman–Crippen LogP) is 5.60. The molecule has 0 spiro atoms. The number of aromatic nitrogens is 1. The van der Waals surface area contributed by atoms with Crippen molar-refractivity contribution in [1.82, 2.24) is 4.57 Å². The molecule has 0 radical (unpaired) electrons. The molecule has 1 fully saturated rings. The van der Waals surface area contributed by atoms with E-state index in [2.05, 4.69) is 15.2 Å². The van der Waals surface area contributed by atoms with Crippen LogP contribution < -0.4 is 10.6 Å². The van der Waals surface area contributed by atoms with Crippen LogP contribution in [0.3, 0.4) is 0 Å². The topological polar surface area (TPSA) is 130 Å². The highest BCUT2D eigenvalue weighted by Crippen LogP contribution is 2.40. The van der Waals surface area contributed by atoms with Gasteiger partial charge in [0.05, 0.1) is 17.8 Å². The Hall–Kier alpha value is -3.82. The van der Waals surface area contributed by atoms with Crippen molar-refractivity contribution in [2.45, 2.75) is 25.4 Å². The highest BCUT2D eigenvalue weighted by molar-refractivity contribution is 7.46. The van der Waals surface area contributed by atoms with Crippen molar-refractivity contribution in [3.05, 3.63) is 95.4 Å². The summed E-state index contributed by atoms with van der Waals surface area (Å²) >= 11 is 0. The summed E-state index contributed by atoms with van der Waals surface area (Å²) in [7, 11) is -4.76. The molecule has 5 rings (SSSR count). The molecule has 0 atom stereocenters. The van der Waals surface area contributed by atoms with Gasteiger partial charge in [0.25, 0.3) is 5.91 Å². The molecule has 190 valence electrons. The summed E-state index contributed by atoms with van der Waals surface area (Å²) in [5.41, 5.74) is 2.74. The van der Waals surface area contributed by atoms with Crippen molar-refractivity contribution in [2.75, 3.05) is 10.6 Å². The molecule has 1 aromatic heterocycles. The number of hydrogen-bond donors (Lipinski definition) is 4. The third-order valence-electron chi connectivity index (χ3n) is 6.09. The van der Waals surface area contributed by atoms with Crippen LogP contribution in [0.15, 0.2) is 72.9 Å². The molecular weight excluding hydrogens is 500 g/mol. The van der Waals surface area contributed by atoms with Crippen LogP contribution in [0, 0.1) is 5.82 Å². The maximum atomic E-state index is 14.1. The first kappa shape index (κ1) is 24.9. The SMILES string of the molecule is O=C(Nc1ccc(C2CC2)cc1)Nc1cn(C(=O)c2ccccc2COP(=O)(O)O)c2ccc(F)cc12. The van der Waals surface area contributed by atoms with E-state index in [9.17, 15) is 18.5 Å². The molecule has 1 heterocycles. The van der Waals surface area contributed by atoms with Gasteiger partial charge in [0.1, 0.15) is 5.82 Å². The Balaban J connectivity index is 1.42. The van der Waals surface area contributed by atoms with E-state index < -0.39 is 32.2 Å². The van der Waals surface area contributed by atoms with Crippen LogP contribution in [0.25, 0.3) is 10.9 Å². The minimum Gasteiger partial charge on any atom is -0.308 e. The number of hydrogen-bond acceptors (Lipinski definition) is 4. The van der Waals surface area contributed by atoms with Crippen LogP contribution in [-0.2, 0) is 15.7 Å². The number of nitrogens with one attached hydrogen (secondary N) is 2. The number of carbonyl (C=O) groups is 2. The molecular formula is C26H23FN3O6P. The van der Waals surface area contributed by atoms with Crippen molar-refractivity contribution < 1.29 is 32.9 Å². The Bertz CT molecular complexity index is 1540. The van der Waals surface area contributed by atoms with Gasteiger partial charge in [-0.3, -0.25) is 13.9 Å². The molecule has 4 aromatic rings. The Morgan fingerprint density at radius 3 is 2.46 bits per heavy atom. The van der Waals surface area contributed by atoms with Crippen molar-refractivity contribution >= 4 is 42.0 Å². The quantitative estimate of drug-likeness (QED) is 0.233. The molecule has 1 saturated carbocycles. The second kappa shape index (κ2) is 9.91. The third-order valence-corrected chi connectivity index (χ3v) is 6.55. The lowest BCUT2D eigenvalue weighted by atomic mass is 10.1. The predicted molar refractivity (Wildman–Crippen MR) is 136 cm³/mol. The number of phosphoric acid groups is 1. The normalized spacial score (nSPS) is 13.5. The van der Waals surface area contributed by atoms with Gasteiger partial charge >= 0.3 is 13.9 Å². The summed E-state index contributed by atoms with van der Waals surface area (Å²) in [6, 6.07) is 17.0. The second-order valence-corrected chi connectivity index (χ2v) is 10.0. The summed E-state index contributed by atoms with van der Waals surface area (Å²) in [5, 5.41) is 5.72. The fraction of sp³-hybridized carbons (Fsp3) is 0.154. The van der Waals surface area contributed by atoms with Gasteiger partial charge in [0.2, 0.25) is 0 Å². The lowest BCUT2D eigenvalue weighted by Crippen LogP contribution is -2.19. The zero-order valence-electron chi connectivity index (χ0n) is 19.4. The molecule has 9 nitrogen and oxygen atoms in total. The van der Waals surface area contributed by atoms with Gasteiger partial charge in [0.15, 0.2) is 0 Å². The van der Waals surface area contributed by atoms with Gasteiger partial charge in [-0.1, -0.05) is 30.3 Å². The Morgan fingerprint density at radius 1 is 1.03 bits per heavy atom. The lowest BCUT2D eigenvalue weighted by molar-refractivity contribution is 0.0960. The first-order valence-corrected chi connectivity index (χ1v) is 13.0. The largest absolute Gasteiger partial charge is 0.469 e. The van der Waals surface area contributed by atoms with Gasteiger partial charge in [0, 0.05) is 22.8 Å². The van der Waals surface area contributed by atoms with Gasteiger partial charge in [-0.25, -0.2) is 13.8 Å². The molecule has 1 aliphatic rings. The van der Waals surface area contributed by atoms with Crippen LogP contribution in [0.1, 0.15) is 40.2 Å². The van der Waals surface area contributed by atoms with Crippen molar-refractivity contribution in [3.63, 3.8) is 0 Å². The minimum absolute atomic E-state index is 0.129. The Morgan fingerprint density at radius 2 is 1.76 bits per heavy atom. The van der Waals surface area contributed by atoms with Crippen molar-refractivity contribution in [2.24, 2.45) is 0 Å². The van der Waals surface area contributed by atoms with Crippen molar-refractivity contribution in [3.8, 4) is 0 Å². The van der Waals surface area contributed by atoms with Crippen LogP contribution in [0.2, 0.25) is 0 Å². The van der Waals surface area contributed by atoms with E-state index in [0.29, 0.717) is 22.5 Å². The summed E-state index contributed by atoms with van der Waals surface area (Å²) in [4.78, 5) is 44.3. The number of anilines is 2. The Labute approximate surface area is 211 Å². The summed E-state index contributed by atoms with van der Waals surface area (Å²) in [5.74, 6) is -0.507. The smallest absolute Gasteiger partial charge is 0.308 e. The Kier molecular flexibility index (Phi) is 6.66. The molecule has 0 bridgehead atoms. The number of benzene rings is 3. The number of phosphoric ester groups is 1. The summed E-state index contributed by atoms with van der Waals surface area (Å²) in [6.07, 6.45) is 3.73. The monoisotopic (exact) mass is 523 g/mol. The highest BCUT2D eigenvalue weighted by atomic mass is 31.2. The average Bonchev–Trinajstić information content (AvgIpc) is 3.65. The minimum atomic E-state index is -4.76. The molecule has 0 unspecified atom stereocenters. The van der Waals surface area contributed by atoms with E-state index >= 15 is 0 Å². The number of nitrogens with zero attached hydrogens (tertiary/aromatic N) is 1. The number of carbonyl (C=O) groups excluding carboxylic acids is 2. The van der Waals surface area contributed by atoms with Crippen LogP contribution >= 0.6 is 7.82 Å². The van der Waals surface area contributed by atoms with Gasteiger partial charge in [-0.2, -0.15) is 0 Å². The zero-order valence-corrected chi connectivity index (χ0v) is 20.3. The molecule has 3 aromatic carbocycles. The standard InChI is InChI=1S/C26H23FN3O6P/c27-19-9-12-24-22(13-19)23(29-26(32)28-20-10-7-17(8-11-20)16-5-6-16)14-30(24)25(31)21-4-2-1-3-18(21)15-36-37(33,34)35/h1-4,7-14,16H,5-6,15H2,(H2,28,29,32)(H2,33,34,35). The van der Waals surface area contributed by atoms with E-state index in [1.54, 1.807) is 12.1 Å². The number of amides is 2. The zero-order chi connectivity index (χ0) is 26.2. The maximum Gasteiger partial charge on any atom is 0.469 e. The fourth-order valence-electron chi connectivity index (χ4n) is 4.15. The van der Waals surface area contributed by atoms with Gasteiger partial charge < -0.3 is 20.4 Å². The van der Waals surface area contributed by atoms with Crippen LogP contribution in [0.5, 0.6) is 0 Å². The van der Waals surface area contributed by atoms with Gasteiger partial charge in [-0.05, 0) is 66.3 Å². The first-order chi connectivity index (χ1) is 17.7. The maximum absolute atomic E-state index is 14.1. The first-order valence-electron chi connectivity index (χ1n) is 11.5. The van der Waals surface area contributed by atoms with E-state index in [4.69, 9.17) is 9.79 Å². The lowest BCUT2D eigenvalue weighted by Gasteiger charge is -2.11. The number of urea groups is 1. The summed E-state index contributed by atoms with van der Waals surface area (Å²) in [6.45, 7) is -0.493. The molecule has 11 heteroatoms. The number of halogens is 1. The van der Waals surface area contributed by atoms with Gasteiger partial charge in [-0.15, -0.1) is 0 Å². The highest BCUT2D eigenvalue weighted by Gasteiger charge is 2.23. The van der Waals surface area contributed by atoms with Crippen LogP contribution in [0.4, 0.5) is 20.6 Å². The molecule has 4 N–H and O–H groups in total. The average molecular weight is 523 g/mol. The van der Waals surface area contributed by atoms with E-state index in [0.717, 1.165) is 0 Å². The summed E-state index contributed by atoms with van der Waals surface area (Å²) < 4.78 is 31.1. The second-order valence-electron chi connectivity index (χ2n) is 8.78. The third kappa shape index (κ3) is 5.79. The molecule has 2 amide bonds. The van der Waals surface area contributed by atoms with E-state index in [1.807, 2.05) is 24.3 Å². The molecule has 0 saturated heterocycles. The molecule has 37 heavy (non-hydrogen) atoms. The van der Waals surface area contributed by atoms with Crippen LogP contribution in [-0.4, -0.2) is 26.3 Å². The fourth-order valence-corrected chi connectivity index (χ4v) is 4.46. The molecule has 0 aliphatic heterocycles. The number of rotatable bonds is 7. The molecule has 1 aliphatic carbocycles. The van der Waals surface area contributed by atoms with E-state index in [-0.39, 0.29) is 16.8 Å². The van der Waals surface area contributed by atoms with Crippen molar-refractivity contribution in [1.29, 1.82) is 0 Å². The van der Waals surface area contributed by atoms with E-state index in [1.165, 1.54) is 59.5 Å².